The highest BCUT2D eigenvalue weighted by Crippen LogP contribution is 2.27. The number of rotatable bonds is 6. The summed E-state index contributed by atoms with van der Waals surface area (Å²) < 4.78 is 51.2. The lowest BCUT2D eigenvalue weighted by Gasteiger charge is -2.19. The Morgan fingerprint density at radius 3 is 1.94 bits per heavy atom. The van der Waals surface area contributed by atoms with Crippen molar-refractivity contribution in [2.75, 3.05) is 10.0 Å². The average Bonchev–Trinajstić information content (AvgIpc) is 2.74. The number of anilines is 2. The van der Waals surface area contributed by atoms with Crippen molar-refractivity contribution in [2.24, 2.45) is 5.14 Å². The maximum absolute atomic E-state index is 13.0. The fourth-order valence-corrected chi connectivity index (χ4v) is 4.82. The lowest BCUT2D eigenvalue weighted by molar-refractivity contribution is 0.102. The minimum Gasteiger partial charge on any atom is -0.322 e. The number of carbonyl (C=O) groups excluding carboxylic acids is 1. The summed E-state index contributed by atoms with van der Waals surface area (Å²) in [4.78, 5) is 12.8. The monoisotopic (exact) mass is 521 g/mol. The zero-order chi connectivity index (χ0) is 25.3. The molecule has 0 aliphatic rings. The third-order valence-corrected chi connectivity index (χ3v) is 7.49. The van der Waals surface area contributed by atoms with Gasteiger partial charge in [-0.05, 0) is 65.6 Å². The van der Waals surface area contributed by atoms with Gasteiger partial charge in [-0.15, -0.1) is 0 Å². The molecule has 34 heavy (non-hydrogen) atoms. The molecule has 4 N–H and O–H groups in total. The van der Waals surface area contributed by atoms with Crippen LogP contribution in [0.1, 0.15) is 36.7 Å². The van der Waals surface area contributed by atoms with Crippen LogP contribution in [0.15, 0.2) is 76.5 Å². The summed E-state index contributed by atoms with van der Waals surface area (Å²) in [6.45, 7) is 6.07. The van der Waals surface area contributed by atoms with Crippen LogP contribution in [0.5, 0.6) is 0 Å². The molecule has 0 saturated heterocycles. The smallest absolute Gasteiger partial charge is 0.261 e. The van der Waals surface area contributed by atoms with Crippen molar-refractivity contribution in [3.05, 3.63) is 82.9 Å². The van der Waals surface area contributed by atoms with Crippen LogP contribution in [0.25, 0.3) is 0 Å². The van der Waals surface area contributed by atoms with Crippen molar-refractivity contribution >= 4 is 48.9 Å². The highest BCUT2D eigenvalue weighted by Gasteiger charge is 2.21. The van der Waals surface area contributed by atoms with Gasteiger partial charge >= 0.3 is 0 Å². The molecule has 3 rings (SSSR count). The lowest BCUT2D eigenvalue weighted by atomic mass is 9.87. The highest BCUT2D eigenvalue weighted by atomic mass is 35.5. The number of nitrogens with one attached hydrogen (secondary N) is 2. The van der Waals surface area contributed by atoms with Crippen molar-refractivity contribution in [1.82, 2.24) is 0 Å². The molecule has 0 atom stereocenters. The largest absolute Gasteiger partial charge is 0.322 e. The van der Waals surface area contributed by atoms with Gasteiger partial charge in [-0.25, -0.2) is 22.0 Å². The van der Waals surface area contributed by atoms with E-state index < -0.39 is 26.0 Å². The molecule has 1 amide bonds. The Balaban J connectivity index is 1.87. The van der Waals surface area contributed by atoms with Gasteiger partial charge in [0.25, 0.3) is 15.9 Å². The Morgan fingerprint density at radius 2 is 1.41 bits per heavy atom. The minimum atomic E-state index is -3.99. The van der Waals surface area contributed by atoms with Crippen LogP contribution in [0.3, 0.4) is 0 Å². The normalized spacial score (nSPS) is 12.3. The molecular weight excluding hydrogens is 498 g/mol. The van der Waals surface area contributed by atoms with E-state index in [0.29, 0.717) is 0 Å². The summed E-state index contributed by atoms with van der Waals surface area (Å²) in [5, 5.41) is 7.89. The van der Waals surface area contributed by atoms with E-state index in [0.717, 1.165) is 5.56 Å². The molecular formula is C23H24ClN3O5S2. The van der Waals surface area contributed by atoms with E-state index in [-0.39, 0.29) is 37.2 Å². The van der Waals surface area contributed by atoms with E-state index >= 15 is 0 Å². The molecule has 11 heteroatoms. The predicted octanol–water partition coefficient (Wildman–Crippen LogP) is 4.34. The minimum absolute atomic E-state index is 0.0158. The second-order valence-corrected chi connectivity index (χ2v) is 12.3. The first-order valence-electron chi connectivity index (χ1n) is 10.0. The molecule has 0 bridgehead atoms. The summed E-state index contributed by atoms with van der Waals surface area (Å²) in [5.41, 5.74) is 1.14. The maximum atomic E-state index is 13.0. The van der Waals surface area contributed by atoms with Crippen LogP contribution in [0.4, 0.5) is 11.4 Å². The first-order chi connectivity index (χ1) is 15.7. The molecule has 0 radical (unpaired) electrons. The van der Waals surface area contributed by atoms with Crippen molar-refractivity contribution in [1.29, 1.82) is 0 Å². The summed E-state index contributed by atoms with van der Waals surface area (Å²) in [6, 6.07) is 15.9. The van der Waals surface area contributed by atoms with Gasteiger partial charge in [-0.2, -0.15) is 0 Å². The fraction of sp³-hybridized carbons (Fsp3) is 0.174. The molecule has 0 fully saturated rings. The molecule has 0 spiro atoms. The first kappa shape index (κ1) is 25.7. The van der Waals surface area contributed by atoms with Crippen LogP contribution in [-0.2, 0) is 25.5 Å². The van der Waals surface area contributed by atoms with Gasteiger partial charge in [-0.1, -0.05) is 44.5 Å². The number of nitrogens with two attached hydrogens (primary N) is 1. The fourth-order valence-electron chi connectivity index (χ4n) is 3.06. The SMILES string of the molecule is CC(C)(C)c1ccc(S(=O)(=O)Nc2ccc(Cl)cc2C(=O)Nc2ccc(S(N)(=O)=O)cc2)cc1. The van der Waals surface area contributed by atoms with Crippen molar-refractivity contribution in [2.45, 2.75) is 36.0 Å². The molecule has 0 saturated carbocycles. The summed E-state index contributed by atoms with van der Waals surface area (Å²) in [6.07, 6.45) is 0. The van der Waals surface area contributed by atoms with Crippen LogP contribution in [0, 0.1) is 0 Å². The van der Waals surface area contributed by atoms with E-state index in [9.17, 15) is 21.6 Å². The lowest BCUT2D eigenvalue weighted by Crippen LogP contribution is -2.19. The molecule has 0 aromatic heterocycles. The number of primary sulfonamides is 1. The third kappa shape index (κ3) is 6.15. The Labute approximate surface area is 204 Å². The molecule has 0 aliphatic heterocycles. The van der Waals surface area contributed by atoms with Gasteiger partial charge in [0.1, 0.15) is 0 Å². The summed E-state index contributed by atoms with van der Waals surface area (Å²) in [5.74, 6) is -0.647. The molecule has 0 aliphatic carbocycles. The highest BCUT2D eigenvalue weighted by molar-refractivity contribution is 7.92. The number of carbonyl (C=O) groups is 1. The Bertz CT molecular complexity index is 1430. The average molecular weight is 522 g/mol. The Kier molecular flexibility index (Phi) is 7.09. The van der Waals surface area contributed by atoms with E-state index in [2.05, 4.69) is 10.0 Å². The van der Waals surface area contributed by atoms with Gasteiger partial charge in [-0.3, -0.25) is 9.52 Å². The molecule has 3 aromatic carbocycles. The Hall–Kier alpha value is -2.92. The number of halogens is 1. The standard InChI is InChI=1S/C23H24ClN3O5S2/c1-23(2,3)15-4-9-19(10-5-15)34(31,32)27-21-13-6-16(24)14-20(21)22(28)26-17-7-11-18(12-8-17)33(25,29)30/h4-14,27H,1-3H3,(H,26,28)(H2,25,29,30). The van der Waals surface area contributed by atoms with Crippen molar-refractivity contribution in [3.63, 3.8) is 0 Å². The number of sulfonamides is 2. The molecule has 180 valence electrons. The van der Waals surface area contributed by atoms with Gasteiger partial charge in [0.05, 0.1) is 21.0 Å². The van der Waals surface area contributed by atoms with Crippen molar-refractivity contribution in [3.8, 4) is 0 Å². The van der Waals surface area contributed by atoms with E-state index in [4.69, 9.17) is 16.7 Å². The quantitative estimate of drug-likeness (QED) is 0.443. The van der Waals surface area contributed by atoms with E-state index in [1.165, 1.54) is 54.6 Å². The molecule has 3 aromatic rings. The second-order valence-electron chi connectivity index (χ2n) is 8.59. The zero-order valence-electron chi connectivity index (χ0n) is 18.7. The van der Waals surface area contributed by atoms with E-state index in [1.54, 1.807) is 12.1 Å². The number of hydrogen-bond donors (Lipinski definition) is 3. The van der Waals surface area contributed by atoms with Gasteiger partial charge in [0.15, 0.2) is 0 Å². The van der Waals surface area contributed by atoms with Crippen molar-refractivity contribution < 1.29 is 21.6 Å². The molecule has 0 unspecified atom stereocenters. The summed E-state index contributed by atoms with van der Waals surface area (Å²) in [7, 11) is -7.87. The Morgan fingerprint density at radius 1 is 0.853 bits per heavy atom. The number of hydrogen-bond acceptors (Lipinski definition) is 5. The third-order valence-electron chi connectivity index (χ3n) is 4.94. The maximum Gasteiger partial charge on any atom is 0.261 e. The number of benzene rings is 3. The summed E-state index contributed by atoms with van der Waals surface area (Å²) >= 11 is 6.05. The second kappa shape index (κ2) is 9.38. The van der Waals surface area contributed by atoms with Crippen LogP contribution in [0.2, 0.25) is 5.02 Å². The van der Waals surface area contributed by atoms with Gasteiger partial charge < -0.3 is 5.32 Å². The van der Waals surface area contributed by atoms with Crippen LogP contribution in [-0.4, -0.2) is 22.7 Å². The van der Waals surface area contributed by atoms with Gasteiger partial charge in [0, 0.05) is 10.7 Å². The zero-order valence-corrected chi connectivity index (χ0v) is 21.1. The van der Waals surface area contributed by atoms with Crippen LogP contribution < -0.4 is 15.2 Å². The molecule has 8 nitrogen and oxygen atoms in total. The van der Waals surface area contributed by atoms with E-state index in [1.807, 2.05) is 20.8 Å². The van der Waals surface area contributed by atoms with Gasteiger partial charge in [0.2, 0.25) is 10.0 Å². The topological polar surface area (TPSA) is 135 Å². The predicted molar refractivity (Wildman–Crippen MR) is 133 cm³/mol. The first-order valence-corrected chi connectivity index (χ1v) is 13.4. The van der Waals surface area contributed by atoms with Crippen LogP contribution >= 0.6 is 11.6 Å². The number of amides is 1. The molecule has 0 heterocycles.